The number of aryl methyl sites for hydroxylation is 1. The van der Waals surface area contributed by atoms with Crippen molar-refractivity contribution in [3.63, 3.8) is 0 Å². The Bertz CT molecular complexity index is 1390. The van der Waals surface area contributed by atoms with Crippen LogP contribution in [0.3, 0.4) is 0 Å². The first kappa shape index (κ1) is 27.8. The molecule has 0 saturated carbocycles. The standard InChI is InChI=1S/C23H17Cl3F3N3O3S/c1-14-5-8-16(9-6-14)36(34,35)32(15-7-10-21(26)18(11-15)23(27,28)29)13-22(33)31-30-12-17-19(24)3-2-4-20(17)25/h2-12H,13H2,1H3,(H,31,33)/b30-12-. The average Bonchev–Trinajstić information content (AvgIpc) is 2.79. The summed E-state index contributed by atoms with van der Waals surface area (Å²) in [6.07, 6.45) is -3.70. The molecule has 0 atom stereocenters. The normalized spacial score (nSPS) is 12.1. The molecule has 6 nitrogen and oxygen atoms in total. The van der Waals surface area contributed by atoms with Crippen LogP contribution < -0.4 is 9.73 Å². The molecule has 1 N–H and O–H groups in total. The second kappa shape index (κ2) is 11.1. The monoisotopic (exact) mass is 577 g/mol. The molecule has 0 radical (unpaired) electrons. The van der Waals surface area contributed by atoms with Crippen molar-refractivity contribution in [2.24, 2.45) is 5.10 Å². The van der Waals surface area contributed by atoms with Crippen LogP contribution in [0.1, 0.15) is 16.7 Å². The predicted molar refractivity (Wildman–Crippen MR) is 134 cm³/mol. The predicted octanol–water partition coefficient (Wildman–Crippen LogP) is 6.32. The van der Waals surface area contributed by atoms with Crippen LogP contribution in [-0.2, 0) is 21.0 Å². The summed E-state index contributed by atoms with van der Waals surface area (Å²) in [5.41, 5.74) is 1.53. The van der Waals surface area contributed by atoms with Gasteiger partial charge >= 0.3 is 6.18 Å². The highest BCUT2D eigenvalue weighted by Crippen LogP contribution is 2.38. The lowest BCUT2D eigenvalue weighted by Crippen LogP contribution is -2.39. The maximum Gasteiger partial charge on any atom is 0.417 e. The molecule has 0 aromatic heterocycles. The van der Waals surface area contributed by atoms with E-state index in [9.17, 15) is 26.4 Å². The van der Waals surface area contributed by atoms with Crippen LogP contribution in [0.25, 0.3) is 0 Å². The number of amides is 1. The number of hydrazone groups is 1. The van der Waals surface area contributed by atoms with E-state index < -0.39 is 44.9 Å². The number of halogens is 6. The van der Waals surface area contributed by atoms with Crippen LogP contribution >= 0.6 is 34.8 Å². The zero-order valence-electron chi connectivity index (χ0n) is 18.4. The number of nitrogens with zero attached hydrogens (tertiary/aromatic N) is 2. The maximum atomic E-state index is 13.4. The first-order chi connectivity index (χ1) is 16.8. The molecule has 190 valence electrons. The zero-order valence-corrected chi connectivity index (χ0v) is 21.4. The van der Waals surface area contributed by atoms with Gasteiger partial charge < -0.3 is 0 Å². The van der Waals surface area contributed by atoms with E-state index in [1.165, 1.54) is 24.3 Å². The first-order valence-electron chi connectivity index (χ1n) is 10.0. The number of rotatable bonds is 7. The van der Waals surface area contributed by atoms with Gasteiger partial charge in [0, 0.05) is 5.56 Å². The number of carbonyl (C=O) groups is 1. The van der Waals surface area contributed by atoms with Crippen LogP contribution in [0.4, 0.5) is 18.9 Å². The van der Waals surface area contributed by atoms with E-state index in [4.69, 9.17) is 34.8 Å². The number of anilines is 1. The summed E-state index contributed by atoms with van der Waals surface area (Å²) in [5.74, 6) is -0.936. The molecule has 0 aliphatic heterocycles. The van der Waals surface area contributed by atoms with Crippen molar-refractivity contribution in [1.29, 1.82) is 0 Å². The Hall–Kier alpha value is -2.79. The molecule has 0 aliphatic carbocycles. The fourth-order valence-electron chi connectivity index (χ4n) is 3.01. The van der Waals surface area contributed by atoms with E-state index in [1.807, 2.05) is 0 Å². The molecule has 0 spiro atoms. The maximum absolute atomic E-state index is 13.4. The summed E-state index contributed by atoms with van der Waals surface area (Å²) < 4.78 is 67.6. The Morgan fingerprint density at radius 2 is 1.61 bits per heavy atom. The van der Waals surface area contributed by atoms with Gasteiger partial charge in [0.2, 0.25) is 0 Å². The van der Waals surface area contributed by atoms with Crippen molar-refractivity contribution < 1.29 is 26.4 Å². The molecule has 0 fully saturated rings. The van der Waals surface area contributed by atoms with Crippen molar-refractivity contribution in [2.75, 3.05) is 10.8 Å². The number of sulfonamides is 1. The van der Waals surface area contributed by atoms with E-state index in [1.54, 1.807) is 25.1 Å². The Morgan fingerprint density at radius 3 is 2.19 bits per heavy atom. The van der Waals surface area contributed by atoms with Crippen molar-refractivity contribution in [1.82, 2.24) is 5.43 Å². The minimum atomic E-state index is -4.85. The Balaban J connectivity index is 1.97. The van der Waals surface area contributed by atoms with E-state index in [-0.39, 0.29) is 14.9 Å². The SMILES string of the molecule is Cc1ccc(S(=O)(=O)N(CC(=O)N/N=C\c2c(Cl)cccc2Cl)c2ccc(Cl)c(C(F)(F)F)c2)cc1. The summed E-state index contributed by atoms with van der Waals surface area (Å²) >= 11 is 17.8. The lowest BCUT2D eigenvalue weighted by molar-refractivity contribution is -0.137. The van der Waals surface area contributed by atoms with Crippen molar-refractivity contribution >= 4 is 62.6 Å². The molecule has 1 amide bonds. The molecule has 0 unspecified atom stereocenters. The van der Waals surface area contributed by atoms with Gasteiger partial charge in [-0.3, -0.25) is 9.10 Å². The Labute approximate surface area is 220 Å². The minimum absolute atomic E-state index is 0.226. The topological polar surface area (TPSA) is 78.8 Å². The van der Waals surface area contributed by atoms with Crippen LogP contribution in [-0.4, -0.2) is 27.1 Å². The third-order valence-corrected chi connectivity index (χ3v) is 7.60. The molecule has 3 rings (SSSR count). The molecule has 0 bridgehead atoms. The van der Waals surface area contributed by atoms with Crippen LogP contribution in [0, 0.1) is 6.92 Å². The van der Waals surface area contributed by atoms with Crippen molar-refractivity contribution in [2.45, 2.75) is 18.0 Å². The second-order valence-corrected chi connectivity index (χ2v) is 10.5. The smallest absolute Gasteiger partial charge is 0.271 e. The van der Waals surface area contributed by atoms with Gasteiger partial charge in [-0.1, -0.05) is 58.6 Å². The van der Waals surface area contributed by atoms with Gasteiger partial charge in [0.05, 0.1) is 37.4 Å². The molecule has 0 saturated heterocycles. The molecule has 3 aromatic carbocycles. The second-order valence-electron chi connectivity index (χ2n) is 7.42. The lowest BCUT2D eigenvalue weighted by Gasteiger charge is -2.25. The van der Waals surface area contributed by atoms with Crippen LogP contribution in [0.15, 0.2) is 70.7 Å². The highest BCUT2D eigenvalue weighted by Gasteiger charge is 2.35. The zero-order chi connectivity index (χ0) is 26.7. The van der Waals surface area contributed by atoms with E-state index in [0.29, 0.717) is 15.9 Å². The number of carbonyl (C=O) groups excluding carboxylic acids is 1. The van der Waals surface area contributed by atoms with Crippen LogP contribution in [0.2, 0.25) is 15.1 Å². The van der Waals surface area contributed by atoms with Crippen molar-refractivity contribution in [3.8, 4) is 0 Å². The van der Waals surface area contributed by atoms with Gasteiger partial charge in [-0.05, 0) is 49.4 Å². The summed E-state index contributed by atoms with van der Waals surface area (Å²) in [5, 5.41) is 3.62. The highest BCUT2D eigenvalue weighted by atomic mass is 35.5. The van der Waals surface area contributed by atoms with E-state index in [2.05, 4.69) is 10.5 Å². The highest BCUT2D eigenvalue weighted by molar-refractivity contribution is 7.92. The fourth-order valence-corrected chi connectivity index (χ4v) is 5.14. The summed E-state index contributed by atoms with van der Waals surface area (Å²) in [4.78, 5) is 12.4. The number of benzene rings is 3. The Kier molecular flexibility index (Phi) is 8.55. The molecular weight excluding hydrogens is 562 g/mol. The van der Waals surface area contributed by atoms with Gasteiger partial charge in [0.25, 0.3) is 15.9 Å². The minimum Gasteiger partial charge on any atom is -0.271 e. The summed E-state index contributed by atoms with van der Waals surface area (Å²) in [6, 6.07) is 12.9. The largest absolute Gasteiger partial charge is 0.417 e. The van der Waals surface area contributed by atoms with E-state index >= 15 is 0 Å². The number of alkyl halides is 3. The van der Waals surface area contributed by atoms with Gasteiger partial charge in [0.1, 0.15) is 6.54 Å². The molecule has 3 aromatic rings. The molecular formula is C23H17Cl3F3N3O3S. The average molecular weight is 579 g/mol. The summed E-state index contributed by atoms with van der Waals surface area (Å²) in [7, 11) is -4.46. The van der Waals surface area contributed by atoms with Gasteiger partial charge in [-0.15, -0.1) is 0 Å². The molecule has 36 heavy (non-hydrogen) atoms. The summed E-state index contributed by atoms with van der Waals surface area (Å²) in [6.45, 7) is 0.850. The van der Waals surface area contributed by atoms with Crippen LogP contribution in [0.5, 0.6) is 0 Å². The fraction of sp³-hybridized carbons (Fsp3) is 0.130. The van der Waals surface area contributed by atoms with Gasteiger partial charge in [-0.2, -0.15) is 18.3 Å². The van der Waals surface area contributed by atoms with Crippen molar-refractivity contribution in [3.05, 3.63) is 92.4 Å². The molecule has 0 aliphatic rings. The quantitative estimate of drug-likeness (QED) is 0.263. The number of nitrogens with one attached hydrogen (secondary N) is 1. The van der Waals surface area contributed by atoms with Gasteiger partial charge in [-0.25, -0.2) is 13.8 Å². The number of hydrogen-bond donors (Lipinski definition) is 1. The third-order valence-electron chi connectivity index (χ3n) is 4.82. The molecule has 0 heterocycles. The number of hydrogen-bond acceptors (Lipinski definition) is 4. The third kappa shape index (κ3) is 6.50. The Morgan fingerprint density at radius 1 is 1.00 bits per heavy atom. The molecule has 13 heteroatoms. The van der Waals surface area contributed by atoms with E-state index in [0.717, 1.165) is 23.9 Å². The lowest BCUT2D eigenvalue weighted by atomic mass is 10.2. The van der Waals surface area contributed by atoms with Gasteiger partial charge in [0.15, 0.2) is 0 Å². The first-order valence-corrected chi connectivity index (χ1v) is 12.6.